The van der Waals surface area contributed by atoms with Gasteiger partial charge in [0, 0.05) is 201 Å². The first-order valence-electron chi connectivity index (χ1n) is 44.4. The number of imidazole rings is 3. The number of pyridine rings is 3. The van der Waals surface area contributed by atoms with Crippen LogP contribution in [0.4, 0.5) is 9.59 Å². The van der Waals surface area contributed by atoms with E-state index >= 15 is 0 Å². The number of ether oxygens (including phenoxy) is 2. The van der Waals surface area contributed by atoms with Crippen LogP contribution in [-0.2, 0) is 16.1 Å². The van der Waals surface area contributed by atoms with Crippen LogP contribution in [0.5, 0.6) is 0 Å². The number of fused-ring (bicyclic) bond motifs is 6. The molecule has 0 unspecified atom stereocenters. The van der Waals surface area contributed by atoms with Gasteiger partial charge in [0.1, 0.15) is 46.2 Å². The number of aromatic nitrogens is 12. The number of benzene rings is 7. The van der Waals surface area contributed by atoms with E-state index in [-0.39, 0.29) is 12.2 Å². The zero-order valence-electron chi connectivity index (χ0n) is 71.6. The van der Waals surface area contributed by atoms with Gasteiger partial charge in [-0.05, 0) is 108 Å². The third-order valence-electron chi connectivity index (χ3n) is 26.3. The van der Waals surface area contributed by atoms with Crippen molar-refractivity contribution in [2.75, 3.05) is 85.1 Å². The highest BCUT2D eigenvalue weighted by molar-refractivity contribution is 6.34. The fraction of sp³-hybridized carbons (Fsp3) is 0.304. The van der Waals surface area contributed by atoms with E-state index in [1.54, 1.807) is 18.6 Å². The van der Waals surface area contributed by atoms with Gasteiger partial charge in [-0.3, -0.25) is 27.9 Å². The van der Waals surface area contributed by atoms with Gasteiger partial charge in [-0.15, -0.1) is 0 Å². The smallest absolute Gasteiger partial charge is 0.410 e. The predicted octanol–water partition coefficient (Wildman–Crippen LogP) is 20.7. The van der Waals surface area contributed by atoms with Crippen molar-refractivity contribution in [2.24, 2.45) is 0 Å². The highest BCUT2D eigenvalue weighted by atomic mass is 35.5. The number of carbonyl (C=O) groups excluding carboxylic acids is 2. The minimum Gasteiger partial charge on any atom is -0.445 e. The van der Waals surface area contributed by atoms with Crippen LogP contribution in [0.3, 0.4) is 0 Å². The number of nitrogens with zero attached hydrogens (tertiary/aromatic N) is 18. The van der Waals surface area contributed by atoms with Crippen molar-refractivity contribution in [3.8, 4) is 67.5 Å². The summed E-state index contributed by atoms with van der Waals surface area (Å²) in [6.45, 7) is 20.2. The van der Waals surface area contributed by atoms with Crippen LogP contribution in [0.2, 0.25) is 15.5 Å². The Kier molecular flexibility index (Phi) is 23.5. The van der Waals surface area contributed by atoms with Crippen LogP contribution in [0.15, 0.2) is 250 Å². The van der Waals surface area contributed by atoms with Crippen molar-refractivity contribution in [3.63, 3.8) is 0 Å². The molecule has 22 nitrogen and oxygen atoms in total. The number of carbonyl (C=O) groups is 2. The molecule has 0 spiro atoms. The first-order chi connectivity index (χ1) is 62.0. The van der Waals surface area contributed by atoms with Gasteiger partial charge in [0.15, 0.2) is 15.5 Å². The molecule has 16 aromatic rings. The van der Waals surface area contributed by atoms with E-state index in [1.807, 2.05) is 134 Å². The first kappa shape index (κ1) is 83.1. The van der Waals surface area contributed by atoms with Crippen LogP contribution in [0.1, 0.15) is 107 Å². The fourth-order valence-corrected chi connectivity index (χ4v) is 19.8. The van der Waals surface area contributed by atoms with Gasteiger partial charge >= 0.3 is 12.2 Å². The highest BCUT2D eigenvalue weighted by Gasteiger charge is 2.43. The van der Waals surface area contributed by atoms with Gasteiger partial charge in [-0.2, -0.15) is 0 Å². The molecule has 0 radical (unpaired) electrons. The molecule has 9 aromatic heterocycles. The van der Waals surface area contributed by atoms with E-state index in [2.05, 4.69) is 182 Å². The molecule has 6 aliphatic rings. The molecule has 127 heavy (non-hydrogen) atoms. The number of hydrogen-bond donors (Lipinski definition) is 0. The molecule has 2 amide bonds. The average Bonchev–Trinajstić information content (AvgIpc) is 1.60. The molecule has 22 rings (SSSR count). The average molecular weight is 1750 g/mol. The molecule has 12 heterocycles. The molecule has 3 saturated carbocycles. The summed E-state index contributed by atoms with van der Waals surface area (Å²) in [6.07, 6.45) is 17.1. The second-order valence-electron chi connectivity index (χ2n) is 35.2. The largest absolute Gasteiger partial charge is 0.445 e. The number of amides is 2. The number of likely N-dealkylation sites (N-methyl/N-ethyl adjacent to an activating group) is 1. The standard InChI is InChI=1S/C37H33ClN6O2.C34H35ClN6O2.C31H31ClN6/c38-35-34-33(28-12-11-27-13-14-31(40-32(27)23-28)26-9-5-2-6-10-26)41-36(44(34)16-15-39-35)29-21-30(22-29)42-17-19-43(20-18-42)37(45)46-24-25-7-3-1-4-8-25;1-34(2,3)43-33(42)40-17-15-39(16-18-40)26-19-25(20-26)32-38-29(30-31(35)36-13-14-41(30)32)24-10-9-23-11-12-27(37-28(23)21-24)22-7-5-4-6-8-22;1-2-36-14-16-37(17-15-36)25-18-24(19-25)31-35-28(29-30(32)33-12-13-38(29)31)23-9-8-22-10-11-26(34-27(22)20-23)21-6-4-3-5-7-21/h1-16,23,29-30H,17-22,24H2;4-14,21,25-26H,15-20H2,1-3H3;3-13,20,24-25H,2,14-19H2,1H3. The molecule has 0 N–H and O–H groups in total. The summed E-state index contributed by atoms with van der Waals surface area (Å²) in [7, 11) is 0. The Hall–Kier alpha value is -12.1. The number of halogens is 3. The van der Waals surface area contributed by atoms with E-state index in [0.717, 1.165) is 211 Å². The Bertz CT molecular complexity index is 6690. The summed E-state index contributed by atoms with van der Waals surface area (Å²) in [6, 6.07) is 73.6. The quantitative estimate of drug-likeness (QED) is 0.0937. The Labute approximate surface area is 752 Å². The zero-order chi connectivity index (χ0) is 86.4. The summed E-state index contributed by atoms with van der Waals surface area (Å²) < 4.78 is 17.5. The molecule has 7 aromatic carbocycles. The first-order valence-corrected chi connectivity index (χ1v) is 45.5. The fourth-order valence-electron chi connectivity index (χ4n) is 19.1. The topological polar surface area (TPSA) is 201 Å². The van der Waals surface area contributed by atoms with Crippen LogP contribution in [0.25, 0.3) is 117 Å². The monoisotopic (exact) mass is 1740 g/mol. The number of rotatable bonds is 15. The van der Waals surface area contributed by atoms with E-state index in [0.29, 0.717) is 84.1 Å². The molecule has 642 valence electrons. The lowest BCUT2D eigenvalue weighted by Crippen LogP contribution is -2.55. The zero-order valence-corrected chi connectivity index (χ0v) is 73.9. The predicted molar refractivity (Wildman–Crippen MR) is 503 cm³/mol. The Morgan fingerprint density at radius 2 is 0.685 bits per heavy atom. The summed E-state index contributed by atoms with van der Waals surface area (Å²) in [5.74, 6) is 4.17. The van der Waals surface area contributed by atoms with Crippen molar-refractivity contribution in [3.05, 3.63) is 288 Å². The van der Waals surface area contributed by atoms with Crippen molar-refractivity contribution in [1.82, 2.24) is 87.5 Å². The minimum absolute atomic E-state index is 0.222. The number of hydrogen-bond acceptors (Lipinski definition) is 17. The van der Waals surface area contributed by atoms with Gasteiger partial charge in [0.25, 0.3) is 0 Å². The molecular weight excluding hydrogens is 1650 g/mol. The summed E-state index contributed by atoms with van der Waals surface area (Å²) in [4.78, 5) is 82.8. The number of piperazine rings is 3. The molecule has 0 atom stereocenters. The molecule has 0 bridgehead atoms. The molecule has 25 heteroatoms. The summed E-state index contributed by atoms with van der Waals surface area (Å²) in [5.41, 5.74) is 17.4. The van der Waals surface area contributed by atoms with Gasteiger partial charge in [0.05, 0.1) is 50.7 Å². The van der Waals surface area contributed by atoms with Crippen molar-refractivity contribution >= 4 is 96.2 Å². The van der Waals surface area contributed by atoms with Crippen LogP contribution < -0.4 is 0 Å². The Balaban J connectivity index is 0.000000120. The summed E-state index contributed by atoms with van der Waals surface area (Å²) in [5, 5.41) is 4.61. The Morgan fingerprint density at radius 1 is 0.370 bits per heavy atom. The minimum atomic E-state index is -0.478. The van der Waals surface area contributed by atoms with E-state index in [4.69, 9.17) is 74.2 Å². The van der Waals surface area contributed by atoms with Crippen LogP contribution in [0, 0.1) is 0 Å². The molecule has 6 fully saturated rings. The third-order valence-corrected chi connectivity index (χ3v) is 27.1. The maximum absolute atomic E-state index is 12.6. The molecule has 3 saturated heterocycles. The molecule has 3 aliphatic carbocycles. The van der Waals surface area contributed by atoms with Gasteiger partial charge < -0.3 is 24.2 Å². The lowest BCUT2D eigenvalue weighted by atomic mass is 9.78. The van der Waals surface area contributed by atoms with E-state index in [1.165, 1.54) is 26.2 Å². The highest BCUT2D eigenvalue weighted by Crippen LogP contribution is 2.47. The van der Waals surface area contributed by atoms with Crippen LogP contribution in [-0.4, -0.2) is 208 Å². The van der Waals surface area contributed by atoms with Gasteiger partial charge in [-0.25, -0.2) is 54.4 Å². The van der Waals surface area contributed by atoms with Crippen molar-refractivity contribution < 1.29 is 19.1 Å². The van der Waals surface area contributed by atoms with Gasteiger partial charge in [0.2, 0.25) is 0 Å². The van der Waals surface area contributed by atoms with Crippen molar-refractivity contribution in [1.29, 1.82) is 0 Å². The SMILES string of the molecule is CC(C)(C)OC(=O)N1CCN(C2CC(c3nc(-c4ccc5ccc(-c6ccccc6)nc5c4)c4c(Cl)nccn34)C2)CC1.CCN1CCN(C2CC(c3nc(-c4ccc5ccc(-c6ccccc6)nc5c4)c4c(Cl)nccn34)C2)CC1.O=C(OCc1ccccc1)N1CCN(C2CC(c3nc(-c4ccc5ccc(-c6ccccc6)nc5c4)c4c(Cl)nccn34)C2)CC1. The van der Waals surface area contributed by atoms with Crippen molar-refractivity contribution in [2.45, 2.75) is 114 Å². The molecule has 3 aliphatic heterocycles. The Morgan fingerprint density at radius 3 is 1.02 bits per heavy atom. The van der Waals surface area contributed by atoms with Crippen LogP contribution >= 0.6 is 34.8 Å². The van der Waals surface area contributed by atoms with E-state index < -0.39 is 5.60 Å². The van der Waals surface area contributed by atoms with Gasteiger partial charge in [-0.1, -0.05) is 218 Å². The lowest BCUT2D eigenvalue weighted by Gasteiger charge is -2.46. The second kappa shape index (κ2) is 36.0. The summed E-state index contributed by atoms with van der Waals surface area (Å²) >= 11 is 20.1. The third kappa shape index (κ3) is 17.4. The maximum atomic E-state index is 12.6. The van der Waals surface area contributed by atoms with E-state index in [9.17, 15) is 9.59 Å². The normalized spacial score (nSPS) is 19.5. The second-order valence-corrected chi connectivity index (χ2v) is 36.3. The maximum Gasteiger partial charge on any atom is 0.410 e. The lowest BCUT2D eigenvalue weighted by molar-refractivity contribution is 0.00263. The molecular formula is C102H99Cl3N18O4.